The van der Waals surface area contributed by atoms with Gasteiger partial charge in [0.2, 0.25) is 0 Å². The maximum Gasteiger partial charge on any atom is 0.251 e. The fourth-order valence-electron chi connectivity index (χ4n) is 2.94. The van der Waals surface area contributed by atoms with Gasteiger partial charge in [-0.25, -0.2) is 0 Å². The Balaban J connectivity index is 1.63. The van der Waals surface area contributed by atoms with Gasteiger partial charge in [0.25, 0.3) is 11.5 Å². The lowest BCUT2D eigenvalue weighted by atomic mass is 10.1. The number of pyridine rings is 1. The Morgan fingerprint density at radius 3 is 2.68 bits per heavy atom. The summed E-state index contributed by atoms with van der Waals surface area (Å²) < 4.78 is 1.45. The predicted octanol–water partition coefficient (Wildman–Crippen LogP) is 2.31. The lowest BCUT2D eigenvalue weighted by molar-refractivity contribution is 0.0935. The smallest absolute Gasteiger partial charge is 0.251 e. The largest absolute Gasteiger partial charge is 0.349 e. The first-order valence-electron chi connectivity index (χ1n) is 7.59. The summed E-state index contributed by atoms with van der Waals surface area (Å²) >= 11 is 0. The van der Waals surface area contributed by atoms with Crippen molar-refractivity contribution < 1.29 is 4.79 Å². The molecule has 22 heavy (non-hydrogen) atoms. The molecule has 1 N–H and O–H groups in total. The van der Waals surface area contributed by atoms with Crippen LogP contribution < -0.4 is 10.9 Å². The Labute approximate surface area is 129 Å². The van der Waals surface area contributed by atoms with Crippen LogP contribution in [0.25, 0.3) is 0 Å². The van der Waals surface area contributed by atoms with Gasteiger partial charge in [0.05, 0.1) is 0 Å². The Kier molecular flexibility index (Phi) is 3.84. The first-order valence-corrected chi connectivity index (χ1v) is 7.59. The van der Waals surface area contributed by atoms with E-state index >= 15 is 0 Å². The number of aryl methyl sites for hydroxylation is 1. The summed E-state index contributed by atoms with van der Waals surface area (Å²) in [6.07, 6.45) is 2.72. The number of nitrogens with zero attached hydrogens (tertiary/aromatic N) is 1. The van der Waals surface area contributed by atoms with E-state index in [0.717, 1.165) is 6.42 Å². The van der Waals surface area contributed by atoms with Crippen molar-refractivity contribution in [3.05, 3.63) is 70.1 Å². The van der Waals surface area contributed by atoms with Gasteiger partial charge >= 0.3 is 0 Å². The molecular weight excluding hydrogens is 276 g/mol. The van der Waals surface area contributed by atoms with E-state index < -0.39 is 0 Å². The Morgan fingerprint density at radius 2 is 2.00 bits per heavy atom. The summed E-state index contributed by atoms with van der Waals surface area (Å²) in [6.45, 7) is 2.03. The highest BCUT2D eigenvalue weighted by Gasteiger charge is 2.42. The van der Waals surface area contributed by atoms with Gasteiger partial charge in [-0.2, -0.15) is 0 Å². The Hall–Kier alpha value is -2.36. The second-order valence-corrected chi connectivity index (χ2v) is 6.04. The molecule has 0 radical (unpaired) electrons. The molecule has 0 aliphatic heterocycles. The number of benzene rings is 1. The number of nitrogens with one attached hydrogen (secondary N) is 1. The number of aromatic nitrogens is 1. The highest BCUT2D eigenvalue weighted by Crippen LogP contribution is 2.49. The van der Waals surface area contributed by atoms with Crippen LogP contribution in [0.15, 0.2) is 53.5 Å². The molecule has 1 fully saturated rings. The molecule has 3 atom stereocenters. The van der Waals surface area contributed by atoms with Crippen molar-refractivity contribution in [1.29, 1.82) is 0 Å². The number of hydrogen-bond donors (Lipinski definition) is 1. The van der Waals surface area contributed by atoms with Gasteiger partial charge in [0, 0.05) is 30.9 Å². The normalized spacial score (nSPS) is 21.2. The van der Waals surface area contributed by atoms with Gasteiger partial charge in [0.15, 0.2) is 0 Å². The Morgan fingerprint density at radius 1 is 1.27 bits per heavy atom. The second kappa shape index (κ2) is 5.79. The van der Waals surface area contributed by atoms with Crippen molar-refractivity contribution >= 4 is 5.91 Å². The zero-order valence-corrected chi connectivity index (χ0v) is 12.8. The van der Waals surface area contributed by atoms with Gasteiger partial charge in [-0.15, -0.1) is 0 Å². The van der Waals surface area contributed by atoms with Crippen molar-refractivity contribution in [2.45, 2.75) is 25.3 Å². The second-order valence-electron chi connectivity index (χ2n) is 6.04. The minimum absolute atomic E-state index is 0.0989. The molecule has 1 aliphatic rings. The zero-order valence-electron chi connectivity index (χ0n) is 12.8. The number of hydrogen-bond acceptors (Lipinski definition) is 2. The molecule has 1 heterocycles. The van der Waals surface area contributed by atoms with E-state index in [2.05, 4.69) is 17.4 Å². The van der Waals surface area contributed by atoms with Crippen molar-refractivity contribution in [2.75, 3.05) is 0 Å². The number of rotatable bonds is 4. The fourth-order valence-corrected chi connectivity index (χ4v) is 2.94. The molecule has 114 valence electrons. The third-order valence-electron chi connectivity index (χ3n) is 4.44. The average Bonchev–Trinajstić information content (AvgIpc) is 3.31. The van der Waals surface area contributed by atoms with E-state index in [1.54, 1.807) is 19.3 Å². The minimum Gasteiger partial charge on any atom is -0.349 e. The maximum atomic E-state index is 12.2. The zero-order chi connectivity index (χ0) is 15.7. The van der Waals surface area contributed by atoms with Crippen LogP contribution in [0.5, 0.6) is 0 Å². The molecule has 1 aromatic heterocycles. The van der Waals surface area contributed by atoms with E-state index in [1.807, 2.05) is 25.1 Å². The van der Waals surface area contributed by atoms with Gasteiger partial charge in [-0.1, -0.05) is 30.3 Å². The molecular formula is C18H20N2O2. The van der Waals surface area contributed by atoms with Crippen LogP contribution in [-0.4, -0.2) is 16.5 Å². The molecule has 1 amide bonds. The van der Waals surface area contributed by atoms with Crippen molar-refractivity contribution in [2.24, 2.45) is 13.0 Å². The highest BCUT2D eigenvalue weighted by molar-refractivity contribution is 5.94. The third kappa shape index (κ3) is 2.96. The first-order chi connectivity index (χ1) is 10.6. The standard InChI is InChI=1S/C18H20N2O2/c1-12(15-11-16(15)13-6-4-3-5-7-13)19-18(22)14-8-9-20(2)17(21)10-14/h3-10,12,15-16H,11H2,1-2H3,(H,19,22). The SMILES string of the molecule is CC(NC(=O)c1ccn(C)c(=O)c1)C1CC1c1ccccc1. The van der Waals surface area contributed by atoms with Crippen LogP contribution in [0.4, 0.5) is 0 Å². The Bertz CT molecular complexity index is 736. The van der Waals surface area contributed by atoms with E-state index in [4.69, 9.17) is 0 Å². The lowest BCUT2D eigenvalue weighted by Gasteiger charge is -2.14. The molecule has 3 rings (SSSR count). The fraction of sp³-hybridized carbons (Fsp3) is 0.333. The molecule has 4 heteroatoms. The van der Waals surface area contributed by atoms with Crippen LogP contribution in [-0.2, 0) is 7.05 Å². The summed E-state index contributed by atoms with van der Waals surface area (Å²) in [4.78, 5) is 23.8. The van der Waals surface area contributed by atoms with Crippen LogP contribution in [0, 0.1) is 5.92 Å². The molecule has 1 saturated carbocycles. The molecule has 2 aromatic rings. The predicted molar refractivity (Wildman–Crippen MR) is 85.9 cm³/mol. The number of carbonyl (C=O) groups is 1. The topological polar surface area (TPSA) is 51.1 Å². The van der Waals surface area contributed by atoms with Crippen LogP contribution in [0.2, 0.25) is 0 Å². The number of amides is 1. The van der Waals surface area contributed by atoms with Crippen LogP contribution in [0.1, 0.15) is 35.2 Å². The minimum atomic E-state index is -0.177. The van der Waals surface area contributed by atoms with Crippen molar-refractivity contribution in [3.8, 4) is 0 Å². The lowest BCUT2D eigenvalue weighted by Crippen LogP contribution is -2.35. The van der Waals surface area contributed by atoms with Crippen molar-refractivity contribution in [1.82, 2.24) is 9.88 Å². The third-order valence-corrected chi connectivity index (χ3v) is 4.44. The summed E-state index contributed by atoms with van der Waals surface area (Å²) in [6, 6.07) is 13.5. The van der Waals surface area contributed by atoms with E-state index in [1.165, 1.54) is 16.2 Å². The summed E-state index contributed by atoms with van der Waals surface area (Å²) in [5.74, 6) is 0.821. The van der Waals surface area contributed by atoms with Gasteiger partial charge < -0.3 is 9.88 Å². The number of carbonyl (C=O) groups excluding carboxylic acids is 1. The van der Waals surface area contributed by atoms with Gasteiger partial charge in [-0.3, -0.25) is 9.59 Å². The molecule has 0 saturated heterocycles. The molecule has 1 aromatic carbocycles. The highest BCUT2D eigenvalue weighted by atomic mass is 16.2. The van der Waals surface area contributed by atoms with Crippen LogP contribution >= 0.6 is 0 Å². The molecule has 1 aliphatic carbocycles. The molecule has 4 nitrogen and oxygen atoms in total. The maximum absolute atomic E-state index is 12.2. The molecule has 0 spiro atoms. The monoisotopic (exact) mass is 296 g/mol. The van der Waals surface area contributed by atoms with Crippen LogP contribution in [0.3, 0.4) is 0 Å². The first kappa shape index (κ1) is 14.6. The van der Waals surface area contributed by atoms with E-state index in [9.17, 15) is 9.59 Å². The molecule has 0 bridgehead atoms. The van der Waals surface area contributed by atoms with E-state index in [0.29, 0.717) is 17.4 Å². The quantitative estimate of drug-likeness (QED) is 0.941. The van der Waals surface area contributed by atoms with E-state index in [-0.39, 0.29) is 17.5 Å². The summed E-state index contributed by atoms with van der Waals surface area (Å²) in [5.41, 5.74) is 1.59. The van der Waals surface area contributed by atoms with Crippen molar-refractivity contribution in [3.63, 3.8) is 0 Å². The summed E-state index contributed by atoms with van der Waals surface area (Å²) in [7, 11) is 1.67. The average molecular weight is 296 g/mol. The molecule has 3 unspecified atom stereocenters. The van der Waals surface area contributed by atoms with Gasteiger partial charge in [-0.05, 0) is 36.8 Å². The van der Waals surface area contributed by atoms with Gasteiger partial charge in [0.1, 0.15) is 0 Å². The summed E-state index contributed by atoms with van der Waals surface area (Å²) in [5, 5.41) is 3.02.